The third kappa shape index (κ3) is 4.33. The molecule has 6 heteroatoms. The quantitative estimate of drug-likeness (QED) is 0.247. The third-order valence-electron chi connectivity index (χ3n) is 7.61. The van der Waals surface area contributed by atoms with Gasteiger partial charge in [-0.15, -0.1) is 0 Å². The second kappa shape index (κ2) is 10.2. The van der Waals surface area contributed by atoms with Gasteiger partial charge in [0.1, 0.15) is 0 Å². The number of hydrogen-bond donors (Lipinski definition) is 1. The van der Waals surface area contributed by atoms with Gasteiger partial charge in [0.05, 0.1) is 24.7 Å². The second-order valence-electron chi connectivity index (χ2n) is 10.3. The van der Waals surface area contributed by atoms with E-state index in [9.17, 15) is 5.11 Å². The second-order valence-corrected chi connectivity index (χ2v) is 10.3. The highest BCUT2D eigenvalue weighted by atomic mass is 16.7. The zero-order valence-electron chi connectivity index (χ0n) is 22.3. The average molecular weight is 513 g/mol. The van der Waals surface area contributed by atoms with Crippen LogP contribution in [0.15, 0.2) is 54.7 Å². The van der Waals surface area contributed by atoms with Crippen LogP contribution in [0.4, 0.5) is 0 Å². The van der Waals surface area contributed by atoms with Crippen molar-refractivity contribution < 1.29 is 28.6 Å². The number of aliphatic hydroxyl groups is 1. The third-order valence-corrected chi connectivity index (χ3v) is 7.61. The summed E-state index contributed by atoms with van der Waals surface area (Å²) in [5.74, 6) is 3.54. The molecule has 6 rings (SSSR count). The monoisotopic (exact) mass is 512 g/mol. The minimum atomic E-state index is 0.0851. The lowest BCUT2D eigenvalue weighted by atomic mass is 9.88. The number of aromatic nitrogens is 1. The number of aliphatic hydroxyl groups excluding tert-OH is 1. The predicted molar refractivity (Wildman–Crippen MR) is 146 cm³/mol. The Bertz CT molecular complexity index is 1490. The Morgan fingerprint density at radius 3 is 2.53 bits per heavy atom. The molecule has 1 aromatic heterocycles. The van der Waals surface area contributed by atoms with Gasteiger partial charge in [-0.2, -0.15) is 4.57 Å². The summed E-state index contributed by atoms with van der Waals surface area (Å²) >= 11 is 0. The largest absolute Gasteiger partial charge is 0.493 e. The Labute approximate surface area is 223 Å². The number of rotatable bonds is 8. The van der Waals surface area contributed by atoms with E-state index in [1.807, 2.05) is 6.07 Å². The molecule has 0 atom stereocenters. The molecule has 2 aliphatic heterocycles. The van der Waals surface area contributed by atoms with Crippen LogP contribution >= 0.6 is 0 Å². The normalized spacial score (nSPS) is 13.5. The van der Waals surface area contributed by atoms with Gasteiger partial charge >= 0.3 is 0 Å². The van der Waals surface area contributed by atoms with Crippen molar-refractivity contribution in [2.75, 3.05) is 27.1 Å². The zero-order chi connectivity index (χ0) is 26.2. The van der Waals surface area contributed by atoms with E-state index >= 15 is 0 Å². The number of pyridine rings is 1. The van der Waals surface area contributed by atoms with Gasteiger partial charge in [0.25, 0.3) is 0 Å². The van der Waals surface area contributed by atoms with Crippen LogP contribution in [0, 0.1) is 0 Å². The number of nitrogens with zero attached hydrogens (tertiary/aromatic N) is 1. The van der Waals surface area contributed by atoms with Gasteiger partial charge in [0.15, 0.2) is 35.7 Å². The van der Waals surface area contributed by atoms with Gasteiger partial charge < -0.3 is 24.1 Å². The van der Waals surface area contributed by atoms with E-state index in [1.54, 1.807) is 7.11 Å². The Morgan fingerprint density at radius 1 is 1.00 bits per heavy atom. The molecule has 0 aliphatic carbocycles. The molecule has 0 radical (unpaired) electrons. The summed E-state index contributed by atoms with van der Waals surface area (Å²) in [6, 6.07) is 17.4. The molecular formula is C32H34NO5+. The van der Waals surface area contributed by atoms with E-state index < -0.39 is 0 Å². The highest BCUT2D eigenvalue weighted by molar-refractivity contribution is 5.95. The number of methoxy groups -OCH3 is 1. The van der Waals surface area contributed by atoms with Crippen molar-refractivity contribution in [2.24, 2.45) is 0 Å². The molecule has 0 saturated carbocycles. The van der Waals surface area contributed by atoms with E-state index in [0.29, 0.717) is 24.7 Å². The van der Waals surface area contributed by atoms with Crippen molar-refractivity contribution in [1.29, 1.82) is 0 Å². The lowest BCUT2D eigenvalue weighted by molar-refractivity contribution is -0.686. The van der Waals surface area contributed by atoms with Crippen LogP contribution in [0.5, 0.6) is 23.0 Å². The van der Waals surface area contributed by atoms with Crippen molar-refractivity contribution in [2.45, 2.75) is 45.6 Å². The molecule has 196 valence electrons. The molecule has 0 fully saturated rings. The fourth-order valence-corrected chi connectivity index (χ4v) is 5.59. The fraction of sp³-hybridized carbons (Fsp3) is 0.344. The predicted octanol–water partition coefficient (Wildman–Crippen LogP) is 5.56. The maximum absolute atomic E-state index is 9.33. The first-order chi connectivity index (χ1) is 18.6. The fourth-order valence-electron chi connectivity index (χ4n) is 5.59. The topological polar surface area (TPSA) is 61.0 Å². The minimum absolute atomic E-state index is 0.0851. The molecule has 2 aliphatic rings. The molecule has 0 bridgehead atoms. The van der Waals surface area contributed by atoms with Crippen LogP contribution in [0.3, 0.4) is 0 Å². The summed E-state index contributed by atoms with van der Waals surface area (Å²) in [5.41, 5.74) is 7.51. The molecule has 4 aromatic rings. The van der Waals surface area contributed by atoms with E-state index in [4.69, 9.17) is 18.9 Å². The Balaban J connectivity index is 1.57. The lowest BCUT2D eigenvalue weighted by Gasteiger charge is -2.21. The van der Waals surface area contributed by atoms with Gasteiger partial charge in [-0.1, -0.05) is 38.1 Å². The van der Waals surface area contributed by atoms with Gasteiger partial charge in [0.2, 0.25) is 12.5 Å². The smallest absolute Gasteiger partial charge is 0.231 e. The lowest BCUT2D eigenvalue weighted by Crippen LogP contribution is -2.41. The summed E-state index contributed by atoms with van der Waals surface area (Å²) in [6.07, 6.45) is 4.44. The van der Waals surface area contributed by atoms with Crippen molar-refractivity contribution >= 4 is 10.8 Å². The van der Waals surface area contributed by atoms with Crippen LogP contribution in [-0.2, 0) is 19.4 Å². The van der Waals surface area contributed by atoms with E-state index in [0.717, 1.165) is 47.4 Å². The summed E-state index contributed by atoms with van der Waals surface area (Å²) in [6.45, 7) is 6.07. The van der Waals surface area contributed by atoms with Crippen LogP contribution in [0.1, 0.15) is 48.4 Å². The summed E-state index contributed by atoms with van der Waals surface area (Å²) < 4.78 is 25.7. The van der Waals surface area contributed by atoms with Crippen molar-refractivity contribution in [3.05, 3.63) is 77.0 Å². The molecule has 38 heavy (non-hydrogen) atoms. The molecule has 0 saturated heterocycles. The number of aryl methyl sites for hydroxylation is 2. The minimum Gasteiger partial charge on any atom is -0.493 e. The first kappa shape index (κ1) is 24.6. The molecule has 1 N–H and O–H groups in total. The number of ether oxygens (including phenoxy) is 4. The molecule has 0 spiro atoms. The highest BCUT2D eigenvalue weighted by Crippen LogP contribution is 2.44. The van der Waals surface area contributed by atoms with Gasteiger partial charge in [0, 0.05) is 36.8 Å². The van der Waals surface area contributed by atoms with Gasteiger partial charge in [-0.05, 0) is 46.9 Å². The molecule has 3 aromatic carbocycles. The molecule has 0 amide bonds. The highest BCUT2D eigenvalue weighted by Gasteiger charge is 2.32. The Hall–Kier alpha value is -3.77. The first-order valence-corrected chi connectivity index (χ1v) is 13.4. The number of fused-ring (bicyclic) bond motifs is 5. The standard InChI is InChI=1S/C32H34NO5/c1-20(2)22-7-5-21(6-8-22)15-26-24-9-10-28(35-3)32(36-14-4-13-34)27(24)18-33-12-11-23-16-29-30(38-19-37-29)17-25(23)31(26)33/h5-10,16-18,20,34H,4,11-15,19H2,1-3H3/q+1. The van der Waals surface area contributed by atoms with E-state index in [-0.39, 0.29) is 13.4 Å². The molecule has 0 unspecified atom stereocenters. The number of benzene rings is 3. The number of hydrogen-bond acceptors (Lipinski definition) is 5. The van der Waals surface area contributed by atoms with E-state index in [1.165, 1.54) is 33.5 Å². The maximum Gasteiger partial charge on any atom is 0.231 e. The average Bonchev–Trinajstić information content (AvgIpc) is 3.39. The van der Waals surface area contributed by atoms with Crippen LogP contribution in [0.2, 0.25) is 0 Å². The van der Waals surface area contributed by atoms with Gasteiger partial charge in [-0.3, -0.25) is 0 Å². The Kier molecular flexibility index (Phi) is 6.58. The maximum atomic E-state index is 9.33. The zero-order valence-corrected chi connectivity index (χ0v) is 22.3. The van der Waals surface area contributed by atoms with Gasteiger partial charge in [-0.25, -0.2) is 0 Å². The first-order valence-electron chi connectivity index (χ1n) is 13.4. The van der Waals surface area contributed by atoms with Crippen molar-refractivity contribution in [3.63, 3.8) is 0 Å². The van der Waals surface area contributed by atoms with Crippen LogP contribution in [-0.4, -0.2) is 32.2 Å². The van der Waals surface area contributed by atoms with Crippen LogP contribution in [0.25, 0.3) is 22.0 Å². The summed E-state index contributed by atoms with van der Waals surface area (Å²) in [7, 11) is 1.67. The SMILES string of the molecule is COc1ccc2c(Cc3ccc(C(C)C)cc3)c3[n+](cc2c1OCCCO)CCc1cc2c(cc1-3)OCO2. The van der Waals surface area contributed by atoms with Crippen molar-refractivity contribution in [3.8, 4) is 34.3 Å². The van der Waals surface area contributed by atoms with E-state index in [2.05, 4.69) is 67.1 Å². The Morgan fingerprint density at radius 2 is 1.79 bits per heavy atom. The molecule has 6 nitrogen and oxygen atoms in total. The van der Waals surface area contributed by atoms with Crippen LogP contribution < -0.4 is 23.5 Å². The van der Waals surface area contributed by atoms with Crippen molar-refractivity contribution in [1.82, 2.24) is 0 Å². The summed E-state index contributed by atoms with van der Waals surface area (Å²) in [5, 5.41) is 11.5. The molecular weight excluding hydrogens is 478 g/mol. The summed E-state index contributed by atoms with van der Waals surface area (Å²) in [4.78, 5) is 0. The molecule has 3 heterocycles.